The van der Waals surface area contributed by atoms with Crippen LogP contribution in [0.2, 0.25) is 0 Å². The molecule has 188 valence electrons. The second-order valence-electron chi connectivity index (χ2n) is 9.36. The highest BCUT2D eigenvalue weighted by Gasteiger charge is 2.07. The first kappa shape index (κ1) is 28.8. The van der Waals surface area contributed by atoms with Gasteiger partial charge >= 0.3 is 0 Å². The average Bonchev–Trinajstić information content (AvgIpc) is 2.84. The minimum atomic E-state index is 1.30. The molecule has 0 amide bonds. The third-order valence-electron chi connectivity index (χ3n) is 6.08. The Balaban J connectivity index is 0.000000205. The van der Waals surface area contributed by atoms with E-state index in [4.69, 9.17) is 0 Å². The third kappa shape index (κ3) is 8.69. The number of rotatable bonds is 6. The Morgan fingerprint density at radius 2 is 0.639 bits per heavy atom. The largest absolute Gasteiger partial charge is 0.0582 e. The van der Waals surface area contributed by atoms with Gasteiger partial charge in [0.1, 0.15) is 0 Å². The Morgan fingerprint density at radius 1 is 0.333 bits per heavy atom. The van der Waals surface area contributed by atoms with E-state index in [1.165, 1.54) is 64.1 Å². The van der Waals surface area contributed by atoms with Crippen molar-refractivity contribution in [3.63, 3.8) is 0 Å². The fourth-order valence-corrected chi connectivity index (χ4v) is 7.98. The molecule has 0 saturated carbocycles. The van der Waals surface area contributed by atoms with E-state index in [9.17, 15) is 0 Å². The second kappa shape index (κ2) is 13.7. The Hall–Kier alpha value is -1.72. The summed E-state index contributed by atoms with van der Waals surface area (Å²) in [6.07, 6.45) is 0. The maximum atomic E-state index is 2.30. The van der Waals surface area contributed by atoms with Crippen molar-refractivity contribution < 1.29 is 0 Å². The summed E-state index contributed by atoms with van der Waals surface area (Å²) >= 11 is 0. The Bertz CT molecular complexity index is 1190. The first-order chi connectivity index (χ1) is 17.1. The molecule has 0 aliphatic heterocycles. The molecule has 4 aromatic carbocycles. The molecule has 36 heavy (non-hydrogen) atoms. The molecule has 0 aromatic heterocycles. The first-order valence-corrected chi connectivity index (χ1v) is 16.4. The molecule has 0 bridgehead atoms. The van der Waals surface area contributed by atoms with Gasteiger partial charge in [-0.1, -0.05) is 90.7 Å². The molecule has 0 heterocycles. The SMILES string of the molecule is Cc1cc(C)c(SSc2cc(C)c(C)cc2C)cc1C.Cc1ccc(SSc2ccc(C)cc2)cc1. The molecule has 0 spiro atoms. The zero-order valence-electron chi connectivity index (χ0n) is 22.6. The summed E-state index contributed by atoms with van der Waals surface area (Å²) in [7, 11) is 7.35. The van der Waals surface area contributed by atoms with Crippen molar-refractivity contribution in [3.05, 3.63) is 117 Å². The van der Waals surface area contributed by atoms with Crippen LogP contribution in [0.3, 0.4) is 0 Å². The lowest BCUT2D eigenvalue weighted by atomic mass is 10.1. The lowest BCUT2D eigenvalue weighted by Gasteiger charge is -2.11. The van der Waals surface area contributed by atoms with E-state index in [0.717, 1.165) is 0 Å². The molecule has 4 heteroatoms. The van der Waals surface area contributed by atoms with E-state index in [2.05, 4.69) is 128 Å². The monoisotopic (exact) mass is 548 g/mol. The van der Waals surface area contributed by atoms with Crippen LogP contribution >= 0.6 is 43.2 Å². The van der Waals surface area contributed by atoms with Crippen LogP contribution < -0.4 is 0 Å². The average molecular weight is 549 g/mol. The summed E-state index contributed by atoms with van der Waals surface area (Å²) in [5.41, 5.74) is 10.8. The molecular weight excluding hydrogens is 513 g/mol. The van der Waals surface area contributed by atoms with Crippen molar-refractivity contribution in [2.75, 3.05) is 0 Å². The minimum Gasteiger partial charge on any atom is -0.0582 e. The zero-order chi connectivity index (χ0) is 26.2. The van der Waals surface area contributed by atoms with Gasteiger partial charge in [0.25, 0.3) is 0 Å². The van der Waals surface area contributed by atoms with Crippen molar-refractivity contribution in [2.24, 2.45) is 0 Å². The standard InChI is InChI=1S/C18H22S2.C14H14S2/c1-11-7-15(5)17(9-13(11)3)19-20-18-10-14(4)12(2)8-16(18)6;1-11-3-7-13(8-4-11)15-16-14-9-5-12(2)6-10-14/h7-10H,1-6H3;3-10H,1-2H3. The van der Waals surface area contributed by atoms with Crippen LogP contribution in [0.15, 0.2) is 92.4 Å². The molecule has 0 aliphatic rings. The van der Waals surface area contributed by atoms with Gasteiger partial charge in [-0.25, -0.2) is 0 Å². The first-order valence-electron chi connectivity index (χ1n) is 12.1. The second-order valence-corrected chi connectivity index (χ2v) is 13.9. The van der Waals surface area contributed by atoms with Gasteiger partial charge < -0.3 is 0 Å². The molecule has 0 nitrogen and oxygen atoms in total. The molecule has 0 radical (unpaired) electrons. The van der Waals surface area contributed by atoms with Crippen LogP contribution in [0.4, 0.5) is 0 Å². The Kier molecular flexibility index (Phi) is 11.0. The Labute approximate surface area is 234 Å². The van der Waals surface area contributed by atoms with Crippen LogP contribution in [0.1, 0.15) is 44.5 Å². The predicted octanol–water partition coefficient (Wildman–Crippen LogP) is 11.4. The van der Waals surface area contributed by atoms with Gasteiger partial charge in [0.15, 0.2) is 0 Å². The lowest BCUT2D eigenvalue weighted by Crippen LogP contribution is -1.87. The summed E-state index contributed by atoms with van der Waals surface area (Å²) in [5.74, 6) is 0. The number of hydrogen-bond donors (Lipinski definition) is 0. The summed E-state index contributed by atoms with van der Waals surface area (Å²) in [6.45, 7) is 17.3. The molecular formula is C32H36S4. The van der Waals surface area contributed by atoms with Crippen molar-refractivity contribution in [3.8, 4) is 0 Å². The van der Waals surface area contributed by atoms with Gasteiger partial charge in [0.05, 0.1) is 0 Å². The molecule has 0 N–H and O–H groups in total. The van der Waals surface area contributed by atoms with E-state index in [0.29, 0.717) is 0 Å². The van der Waals surface area contributed by atoms with Gasteiger partial charge in [0.2, 0.25) is 0 Å². The summed E-state index contributed by atoms with van der Waals surface area (Å²) in [4.78, 5) is 5.35. The van der Waals surface area contributed by atoms with Crippen LogP contribution in [-0.2, 0) is 0 Å². The van der Waals surface area contributed by atoms with Gasteiger partial charge in [-0.3, -0.25) is 0 Å². The molecule has 4 rings (SSSR count). The van der Waals surface area contributed by atoms with E-state index in [1.54, 1.807) is 21.6 Å². The molecule has 0 unspecified atom stereocenters. The van der Waals surface area contributed by atoms with Gasteiger partial charge in [-0.05, 0) is 125 Å². The van der Waals surface area contributed by atoms with Crippen molar-refractivity contribution in [1.29, 1.82) is 0 Å². The number of aryl methyl sites for hydroxylation is 8. The van der Waals surface area contributed by atoms with Crippen molar-refractivity contribution in [1.82, 2.24) is 0 Å². The Morgan fingerprint density at radius 3 is 0.972 bits per heavy atom. The van der Waals surface area contributed by atoms with Crippen LogP contribution in [0, 0.1) is 55.4 Å². The normalized spacial score (nSPS) is 10.7. The maximum Gasteiger partial charge on any atom is 0.0218 e. The number of benzene rings is 4. The third-order valence-corrected chi connectivity index (χ3v) is 11.1. The molecule has 0 fully saturated rings. The van der Waals surface area contributed by atoms with E-state index in [-0.39, 0.29) is 0 Å². The zero-order valence-corrected chi connectivity index (χ0v) is 25.8. The highest BCUT2D eigenvalue weighted by atomic mass is 33.1. The van der Waals surface area contributed by atoms with Crippen LogP contribution in [-0.4, -0.2) is 0 Å². The summed E-state index contributed by atoms with van der Waals surface area (Å²) in [5, 5.41) is 0. The van der Waals surface area contributed by atoms with E-state index >= 15 is 0 Å². The maximum absolute atomic E-state index is 2.30. The van der Waals surface area contributed by atoms with Crippen molar-refractivity contribution >= 4 is 43.2 Å². The topological polar surface area (TPSA) is 0 Å². The predicted molar refractivity (Wildman–Crippen MR) is 167 cm³/mol. The number of hydrogen-bond acceptors (Lipinski definition) is 4. The highest BCUT2D eigenvalue weighted by Crippen LogP contribution is 2.41. The molecule has 0 aliphatic carbocycles. The molecule has 0 saturated heterocycles. The van der Waals surface area contributed by atoms with Gasteiger partial charge in [-0.2, -0.15) is 0 Å². The fourth-order valence-electron chi connectivity index (χ4n) is 3.42. The smallest absolute Gasteiger partial charge is 0.0218 e. The molecule has 4 aromatic rings. The highest BCUT2D eigenvalue weighted by molar-refractivity contribution is 8.77. The van der Waals surface area contributed by atoms with Gasteiger partial charge in [0, 0.05) is 19.6 Å². The minimum absolute atomic E-state index is 1.30. The molecule has 0 atom stereocenters. The lowest BCUT2D eigenvalue weighted by molar-refractivity contribution is 1.21. The van der Waals surface area contributed by atoms with Gasteiger partial charge in [-0.15, -0.1) is 0 Å². The van der Waals surface area contributed by atoms with Crippen LogP contribution in [0.25, 0.3) is 0 Å². The summed E-state index contributed by atoms with van der Waals surface area (Å²) < 4.78 is 0. The van der Waals surface area contributed by atoms with Crippen LogP contribution in [0.5, 0.6) is 0 Å². The van der Waals surface area contributed by atoms with E-state index < -0.39 is 0 Å². The fraction of sp³-hybridized carbons (Fsp3) is 0.250. The van der Waals surface area contributed by atoms with Crippen molar-refractivity contribution in [2.45, 2.75) is 75.0 Å². The summed E-state index contributed by atoms with van der Waals surface area (Å²) in [6, 6.07) is 26.4. The van der Waals surface area contributed by atoms with E-state index in [1.807, 2.05) is 21.6 Å². The quantitative estimate of drug-likeness (QED) is 0.220.